The average Bonchev–Trinajstić information content (AvgIpc) is 3.91. The van der Waals surface area contributed by atoms with Gasteiger partial charge in [0.2, 0.25) is 0 Å². The molecule has 2 unspecified atom stereocenters. The lowest BCUT2D eigenvalue weighted by molar-refractivity contribution is -0.160. The van der Waals surface area contributed by atoms with E-state index in [4.69, 9.17) is 14.6 Å². The number of nitrogens with one attached hydrogen (secondary N) is 2. The number of esters is 1. The van der Waals surface area contributed by atoms with E-state index in [1.807, 2.05) is 54.6 Å². The van der Waals surface area contributed by atoms with Crippen molar-refractivity contribution in [2.75, 3.05) is 18.2 Å². The molecule has 4 heterocycles. The van der Waals surface area contributed by atoms with Gasteiger partial charge in [0.1, 0.15) is 42.0 Å². The number of nitrogens with zero attached hydrogens (tertiary/aromatic N) is 7. The zero-order valence-electron chi connectivity index (χ0n) is 31.0. The number of thiazole rings is 1. The molecular formula is C40H39N9O5S2. The lowest BCUT2D eigenvalue weighted by atomic mass is 9.77. The Bertz CT molecular complexity index is 2180. The minimum Gasteiger partial charge on any atom is -0.455 e. The minimum atomic E-state index is -0.931. The predicted octanol–water partition coefficient (Wildman–Crippen LogP) is 5.14. The third-order valence-corrected chi connectivity index (χ3v) is 10.9. The number of oxime groups is 1. The third-order valence-electron chi connectivity index (χ3n) is 9.00. The Hall–Kier alpha value is -6.13. The van der Waals surface area contributed by atoms with Crippen LogP contribution in [0, 0.1) is 0 Å². The molecule has 0 bridgehead atoms. The molecule has 0 aliphatic carbocycles. The predicted molar refractivity (Wildman–Crippen MR) is 213 cm³/mol. The number of β-lactam (4-membered cyclic amide) rings is 1. The molecule has 56 heavy (non-hydrogen) atoms. The van der Waals surface area contributed by atoms with Crippen LogP contribution in [0.2, 0.25) is 0 Å². The zero-order valence-corrected chi connectivity index (χ0v) is 32.7. The maximum atomic E-state index is 13.9. The SMILES string of the molecule is CO/N=C(\C(=O)NC1C(=O)N2C(C(=O)OC(C)(C)C)=C(/C=C/Cn3cnnn3)SCC12)c1csc(NC(c2ccccc2)(c2ccccc2)c2ccccc2)n1. The maximum absolute atomic E-state index is 13.9. The summed E-state index contributed by atoms with van der Waals surface area (Å²) in [5, 5.41) is 24.0. The molecule has 2 amide bonds. The highest BCUT2D eigenvalue weighted by molar-refractivity contribution is 8.03. The Morgan fingerprint density at radius 3 is 2.14 bits per heavy atom. The number of hydrogen-bond acceptors (Lipinski definition) is 13. The van der Waals surface area contributed by atoms with E-state index >= 15 is 0 Å². The van der Waals surface area contributed by atoms with Gasteiger partial charge in [-0.25, -0.2) is 14.5 Å². The van der Waals surface area contributed by atoms with E-state index in [1.165, 1.54) is 46.1 Å². The van der Waals surface area contributed by atoms with E-state index in [-0.39, 0.29) is 17.1 Å². The standard InChI is InChI=1S/C40H39N9O5S2/c1-39(2,3)54-37(52)34-31(21-14-22-48-25-41-46-47-48)55-24-30-33(36(51)49(30)34)43-35(50)32(45-53-4)29-23-56-38(42-29)44-40(26-15-8-5-9-16-26,27-17-10-6-11-18-27)28-19-12-7-13-20-28/h5-21,23,25,30,33H,22,24H2,1-4H3,(H,42,44)(H,43,50)/b21-14+,45-32-. The molecule has 1 saturated heterocycles. The van der Waals surface area contributed by atoms with E-state index in [0.29, 0.717) is 22.3 Å². The van der Waals surface area contributed by atoms with E-state index in [9.17, 15) is 14.4 Å². The van der Waals surface area contributed by atoms with E-state index in [1.54, 1.807) is 38.3 Å². The molecule has 14 nitrogen and oxygen atoms in total. The topological polar surface area (TPSA) is 166 Å². The summed E-state index contributed by atoms with van der Waals surface area (Å²) in [6.45, 7) is 5.63. The molecule has 3 aromatic carbocycles. The zero-order chi connectivity index (χ0) is 39.3. The summed E-state index contributed by atoms with van der Waals surface area (Å²) in [5.74, 6) is -1.33. The second-order valence-corrected chi connectivity index (χ2v) is 15.7. The summed E-state index contributed by atoms with van der Waals surface area (Å²) in [4.78, 5) is 53.2. The number of anilines is 1. The Kier molecular flexibility index (Phi) is 11.1. The summed E-state index contributed by atoms with van der Waals surface area (Å²) < 4.78 is 7.24. The second kappa shape index (κ2) is 16.3. The van der Waals surface area contributed by atoms with Crippen molar-refractivity contribution >= 4 is 51.7 Å². The van der Waals surface area contributed by atoms with E-state index in [0.717, 1.165) is 16.7 Å². The van der Waals surface area contributed by atoms with Gasteiger partial charge in [0.05, 0.1) is 12.6 Å². The Balaban J connectivity index is 1.14. The molecular weight excluding hydrogens is 751 g/mol. The van der Waals surface area contributed by atoms with Crippen LogP contribution >= 0.6 is 23.1 Å². The highest BCUT2D eigenvalue weighted by Crippen LogP contribution is 2.42. The van der Waals surface area contributed by atoms with E-state index in [2.05, 4.69) is 67.7 Å². The molecule has 16 heteroatoms. The molecule has 0 spiro atoms. The van der Waals surface area contributed by atoms with Crippen LogP contribution in [-0.2, 0) is 36.0 Å². The number of hydrogen-bond donors (Lipinski definition) is 2. The van der Waals surface area contributed by atoms with Crippen LogP contribution in [0.3, 0.4) is 0 Å². The molecule has 2 N–H and O–H groups in total. The van der Waals surface area contributed by atoms with Crippen LogP contribution in [-0.4, -0.2) is 84.1 Å². The molecule has 0 radical (unpaired) electrons. The molecule has 7 rings (SSSR count). The van der Waals surface area contributed by atoms with E-state index < -0.39 is 41.0 Å². The highest BCUT2D eigenvalue weighted by Gasteiger charge is 2.54. The number of amides is 2. The lowest BCUT2D eigenvalue weighted by Crippen LogP contribution is -2.73. The summed E-state index contributed by atoms with van der Waals surface area (Å²) in [6.07, 6.45) is 5.02. The molecule has 0 saturated carbocycles. The number of carbonyl (C=O) groups excluding carboxylic acids is 3. The monoisotopic (exact) mass is 789 g/mol. The first kappa shape index (κ1) is 38.2. The van der Waals surface area contributed by atoms with Gasteiger partial charge in [-0.3, -0.25) is 14.5 Å². The van der Waals surface area contributed by atoms with Crippen molar-refractivity contribution in [3.63, 3.8) is 0 Å². The van der Waals surface area contributed by atoms with Gasteiger partial charge >= 0.3 is 5.97 Å². The van der Waals surface area contributed by atoms with Crippen molar-refractivity contribution < 1.29 is 24.0 Å². The second-order valence-electron chi connectivity index (χ2n) is 13.8. The van der Waals surface area contributed by atoms with Gasteiger partial charge in [0.15, 0.2) is 10.8 Å². The van der Waals surface area contributed by atoms with Crippen LogP contribution in [0.5, 0.6) is 0 Å². The molecule has 286 valence electrons. The van der Waals surface area contributed by atoms with Gasteiger partial charge in [-0.15, -0.1) is 28.2 Å². The molecule has 2 aliphatic heterocycles. The van der Waals surface area contributed by atoms with Gasteiger partial charge in [-0.1, -0.05) is 102 Å². The van der Waals surface area contributed by atoms with Crippen molar-refractivity contribution in [3.05, 3.63) is 148 Å². The molecule has 2 aromatic heterocycles. The van der Waals surface area contributed by atoms with Crippen molar-refractivity contribution in [1.29, 1.82) is 0 Å². The van der Waals surface area contributed by atoms with Gasteiger partial charge < -0.3 is 20.2 Å². The average molecular weight is 790 g/mol. The van der Waals surface area contributed by atoms with Crippen molar-refractivity contribution in [3.8, 4) is 0 Å². The number of fused-ring (bicyclic) bond motifs is 1. The molecule has 5 aromatic rings. The van der Waals surface area contributed by atoms with Gasteiger partial charge in [-0.05, 0) is 54.0 Å². The van der Waals surface area contributed by atoms with Crippen LogP contribution in [0.1, 0.15) is 43.2 Å². The fourth-order valence-corrected chi connectivity index (χ4v) is 8.54. The highest BCUT2D eigenvalue weighted by atomic mass is 32.2. The van der Waals surface area contributed by atoms with Gasteiger partial charge in [0, 0.05) is 16.0 Å². The molecule has 2 aliphatic rings. The first-order valence-electron chi connectivity index (χ1n) is 17.7. The number of benzene rings is 3. The number of carbonyl (C=O) groups is 3. The summed E-state index contributed by atoms with van der Waals surface area (Å²) >= 11 is 2.70. The van der Waals surface area contributed by atoms with Crippen LogP contribution < -0.4 is 10.6 Å². The summed E-state index contributed by atoms with van der Waals surface area (Å²) in [6, 6.07) is 28.8. The number of thioether (sulfide) groups is 1. The van der Waals surface area contributed by atoms with Crippen LogP contribution in [0.25, 0.3) is 0 Å². The molecule has 2 atom stereocenters. The number of rotatable bonds is 13. The first-order valence-corrected chi connectivity index (χ1v) is 19.6. The van der Waals surface area contributed by atoms with Crippen LogP contribution in [0.15, 0.2) is 131 Å². The fraction of sp³-hybridized carbons (Fsp3) is 0.250. The number of aromatic nitrogens is 5. The maximum Gasteiger partial charge on any atom is 0.356 e. The summed E-state index contributed by atoms with van der Waals surface area (Å²) in [5.41, 5.74) is 1.58. The number of allylic oxidation sites excluding steroid dienone is 2. The van der Waals surface area contributed by atoms with Gasteiger partial charge in [-0.2, -0.15) is 0 Å². The number of tetrazole rings is 1. The Morgan fingerprint density at radius 2 is 1.59 bits per heavy atom. The first-order chi connectivity index (χ1) is 27.1. The fourth-order valence-electron chi connectivity index (χ4n) is 6.58. The van der Waals surface area contributed by atoms with Crippen molar-refractivity contribution in [1.82, 2.24) is 35.4 Å². The Labute approximate surface area is 331 Å². The van der Waals surface area contributed by atoms with Crippen molar-refractivity contribution in [2.24, 2.45) is 5.16 Å². The smallest absolute Gasteiger partial charge is 0.356 e. The van der Waals surface area contributed by atoms with Crippen LogP contribution in [0.4, 0.5) is 5.13 Å². The third kappa shape index (κ3) is 7.83. The quantitative estimate of drug-likeness (QED) is 0.0534. The Morgan fingerprint density at radius 1 is 0.964 bits per heavy atom. The lowest BCUT2D eigenvalue weighted by Gasteiger charge is -2.50. The molecule has 1 fully saturated rings. The minimum absolute atomic E-state index is 0.106. The largest absolute Gasteiger partial charge is 0.455 e. The van der Waals surface area contributed by atoms with Gasteiger partial charge in [0.25, 0.3) is 11.8 Å². The normalized spacial score (nSPS) is 17.3. The summed E-state index contributed by atoms with van der Waals surface area (Å²) in [7, 11) is 1.34. The number of ether oxygens (including phenoxy) is 1. The van der Waals surface area contributed by atoms with Crippen molar-refractivity contribution in [2.45, 2.75) is 50.5 Å².